The molecular weight excluding hydrogens is 164 g/mol. The van der Waals surface area contributed by atoms with Gasteiger partial charge in [0.15, 0.2) is 5.82 Å². The van der Waals surface area contributed by atoms with Gasteiger partial charge in [0.2, 0.25) is 0 Å². The van der Waals surface area contributed by atoms with Gasteiger partial charge in [-0.2, -0.15) is 0 Å². The fourth-order valence-electron chi connectivity index (χ4n) is 1.92. The topological polar surface area (TPSA) is 43.6 Å². The molecular formula is C9H14N4. The molecule has 1 aliphatic heterocycles. The maximum atomic E-state index is 3.96. The van der Waals surface area contributed by atoms with Crippen LogP contribution in [0.5, 0.6) is 0 Å². The van der Waals surface area contributed by atoms with Crippen LogP contribution in [0.25, 0.3) is 6.08 Å². The summed E-state index contributed by atoms with van der Waals surface area (Å²) in [5.41, 5.74) is 1.60. The van der Waals surface area contributed by atoms with Crippen molar-refractivity contribution in [2.45, 2.75) is 33.7 Å². The van der Waals surface area contributed by atoms with Crippen molar-refractivity contribution in [2.75, 3.05) is 0 Å². The Balaban J connectivity index is 2.45. The van der Waals surface area contributed by atoms with Gasteiger partial charge in [0.25, 0.3) is 0 Å². The van der Waals surface area contributed by atoms with E-state index in [9.17, 15) is 0 Å². The molecule has 0 N–H and O–H groups in total. The Morgan fingerprint density at radius 2 is 2.23 bits per heavy atom. The second kappa shape index (κ2) is 2.65. The molecule has 0 aliphatic carbocycles. The average Bonchev–Trinajstić information content (AvgIpc) is 2.30. The van der Waals surface area contributed by atoms with Gasteiger partial charge in [-0.3, -0.25) is 0 Å². The highest BCUT2D eigenvalue weighted by Gasteiger charge is 2.24. The van der Waals surface area contributed by atoms with Crippen LogP contribution < -0.4 is 0 Å². The Morgan fingerprint density at radius 1 is 1.46 bits per heavy atom. The Morgan fingerprint density at radius 3 is 3.00 bits per heavy atom. The lowest BCUT2D eigenvalue weighted by Crippen LogP contribution is -2.19. The Bertz CT molecular complexity index is 348. The molecule has 70 valence electrons. The van der Waals surface area contributed by atoms with Gasteiger partial charge < -0.3 is 0 Å². The van der Waals surface area contributed by atoms with Crippen molar-refractivity contribution in [3.05, 3.63) is 11.4 Å². The second-order valence-corrected chi connectivity index (χ2v) is 4.53. The second-order valence-electron chi connectivity index (χ2n) is 4.53. The van der Waals surface area contributed by atoms with Gasteiger partial charge in [-0.25, -0.2) is 4.68 Å². The van der Waals surface area contributed by atoms with Crippen molar-refractivity contribution in [1.82, 2.24) is 20.2 Å². The van der Waals surface area contributed by atoms with Crippen molar-refractivity contribution < 1.29 is 0 Å². The number of tetrazole rings is 1. The molecule has 1 aliphatic rings. The first-order valence-corrected chi connectivity index (χ1v) is 4.50. The number of fused-ring (bicyclic) bond motifs is 1. The van der Waals surface area contributed by atoms with E-state index in [0.717, 1.165) is 18.8 Å². The molecule has 1 aromatic heterocycles. The highest BCUT2D eigenvalue weighted by molar-refractivity contribution is 5.44. The molecule has 0 unspecified atom stereocenters. The number of aromatic nitrogens is 4. The standard InChI is InChI=1S/C9H14N4/c1-7-4-8-10-11-12-13(8)6-9(2,3)5-7/h4H,5-6H2,1-3H3. The van der Waals surface area contributed by atoms with Crippen LogP contribution in [-0.4, -0.2) is 20.2 Å². The van der Waals surface area contributed by atoms with Gasteiger partial charge in [-0.15, -0.1) is 5.10 Å². The minimum absolute atomic E-state index is 0.251. The molecule has 0 atom stereocenters. The lowest BCUT2D eigenvalue weighted by atomic mass is 9.87. The van der Waals surface area contributed by atoms with Crippen LogP contribution >= 0.6 is 0 Å². The number of hydrogen-bond donors (Lipinski definition) is 0. The maximum absolute atomic E-state index is 3.96. The first kappa shape index (κ1) is 8.41. The summed E-state index contributed by atoms with van der Waals surface area (Å²) in [7, 11) is 0. The molecule has 4 heteroatoms. The molecule has 4 nitrogen and oxygen atoms in total. The smallest absolute Gasteiger partial charge is 0.174 e. The van der Waals surface area contributed by atoms with E-state index in [-0.39, 0.29) is 5.41 Å². The molecule has 0 aromatic carbocycles. The highest BCUT2D eigenvalue weighted by atomic mass is 15.5. The summed E-state index contributed by atoms with van der Waals surface area (Å²) < 4.78 is 1.87. The zero-order valence-electron chi connectivity index (χ0n) is 8.28. The van der Waals surface area contributed by atoms with Gasteiger partial charge in [-0.05, 0) is 35.3 Å². The van der Waals surface area contributed by atoms with E-state index in [2.05, 4.69) is 42.4 Å². The molecule has 0 saturated heterocycles. The van der Waals surface area contributed by atoms with Crippen molar-refractivity contribution in [1.29, 1.82) is 0 Å². The third-order valence-corrected chi connectivity index (χ3v) is 2.27. The zero-order chi connectivity index (χ0) is 9.47. The number of allylic oxidation sites excluding steroid dienone is 1. The lowest BCUT2D eigenvalue weighted by molar-refractivity contribution is 0.289. The zero-order valence-corrected chi connectivity index (χ0v) is 8.28. The molecule has 13 heavy (non-hydrogen) atoms. The summed E-state index contributed by atoms with van der Waals surface area (Å²) in [5.74, 6) is 0.878. The van der Waals surface area contributed by atoms with Crippen LogP contribution in [0.4, 0.5) is 0 Å². The monoisotopic (exact) mass is 178 g/mol. The van der Waals surface area contributed by atoms with E-state index < -0.39 is 0 Å². The molecule has 0 saturated carbocycles. The fourth-order valence-corrected chi connectivity index (χ4v) is 1.92. The number of nitrogens with zero attached hydrogens (tertiary/aromatic N) is 4. The molecule has 0 spiro atoms. The van der Waals surface area contributed by atoms with Crippen molar-refractivity contribution in [3.8, 4) is 0 Å². The summed E-state index contributed by atoms with van der Waals surface area (Å²) in [6, 6.07) is 0. The van der Waals surface area contributed by atoms with Crippen LogP contribution in [0, 0.1) is 5.41 Å². The van der Waals surface area contributed by atoms with E-state index in [1.807, 2.05) is 4.68 Å². The third kappa shape index (κ3) is 1.61. The van der Waals surface area contributed by atoms with Crippen molar-refractivity contribution >= 4 is 6.08 Å². The van der Waals surface area contributed by atoms with Crippen LogP contribution in [0.15, 0.2) is 5.57 Å². The van der Waals surface area contributed by atoms with Crippen LogP contribution in [0.2, 0.25) is 0 Å². The highest BCUT2D eigenvalue weighted by Crippen LogP contribution is 2.30. The summed E-state index contributed by atoms with van der Waals surface area (Å²) in [6.07, 6.45) is 3.16. The first-order chi connectivity index (χ1) is 6.07. The first-order valence-electron chi connectivity index (χ1n) is 4.50. The van der Waals surface area contributed by atoms with Gasteiger partial charge in [0.1, 0.15) is 0 Å². The SMILES string of the molecule is CC1=Cc2nnnn2CC(C)(C)C1. The Kier molecular flexibility index (Phi) is 1.71. The van der Waals surface area contributed by atoms with E-state index in [1.54, 1.807) is 0 Å². The van der Waals surface area contributed by atoms with Crippen LogP contribution in [0.1, 0.15) is 33.0 Å². The third-order valence-electron chi connectivity index (χ3n) is 2.27. The predicted molar refractivity (Wildman–Crippen MR) is 49.9 cm³/mol. The Hall–Kier alpha value is -1.19. The molecule has 0 bridgehead atoms. The van der Waals surface area contributed by atoms with E-state index in [4.69, 9.17) is 0 Å². The van der Waals surface area contributed by atoms with Crippen LogP contribution in [0.3, 0.4) is 0 Å². The van der Waals surface area contributed by atoms with Crippen molar-refractivity contribution in [2.24, 2.45) is 5.41 Å². The predicted octanol–water partition coefficient (Wildman–Crippen LogP) is 1.51. The molecule has 0 amide bonds. The largest absolute Gasteiger partial charge is 0.225 e. The molecule has 1 aromatic rings. The maximum Gasteiger partial charge on any atom is 0.174 e. The summed E-state index contributed by atoms with van der Waals surface area (Å²) in [6.45, 7) is 7.50. The van der Waals surface area contributed by atoms with Crippen molar-refractivity contribution in [3.63, 3.8) is 0 Å². The summed E-state index contributed by atoms with van der Waals surface area (Å²) in [5, 5.41) is 11.6. The van der Waals surface area contributed by atoms with E-state index in [0.29, 0.717) is 0 Å². The summed E-state index contributed by atoms with van der Waals surface area (Å²) in [4.78, 5) is 0. The minimum Gasteiger partial charge on any atom is -0.225 e. The van der Waals surface area contributed by atoms with E-state index >= 15 is 0 Å². The van der Waals surface area contributed by atoms with Gasteiger partial charge in [0, 0.05) is 0 Å². The molecule has 2 heterocycles. The molecule has 2 rings (SSSR count). The molecule has 0 radical (unpaired) electrons. The van der Waals surface area contributed by atoms with Gasteiger partial charge >= 0.3 is 0 Å². The summed E-state index contributed by atoms with van der Waals surface area (Å²) >= 11 is 0. The number of hydrogen-bond acceptors (Lipinski definition) is 3. The average molecular weight is 178 g/mol. The van der Waals surface area contributed by atoms with Crippen LogP contribution in [-0.2, 0) is 6.54 Å². The van der Waals surface area contributed by atoms with E-state index in [1.165, 1.54) is 5.57 Å². The van der Waals surface area contributed by atoms with Gasteiger partial charge in [0.05, 0.1) is 6.54 Å². The lowest BCUT2D eigenvalue weighted by Gasteiger charge is -2.22. The number of rotatable bonds is 0. The Labute approximate surface area is 77.6 Å². The van der Waals surface area contributed by atoms with Gasteiger partial charge in [-0.1, -0.05) is 19.4 Å². The quantitative estimate of drug-likeness (QED) is 0.604. The normalized spacial score (nSPS) is 20.4. The molecule has 0 fully saturated rings. The fraction of sp³-hybridized carbons (Fsp3) is 0.667. The minimum atomic E-state index is 0.251.